The molecule has 1 saturated carbocycles. The number of nitriles is 1. The third-order valence-electron chi connectivity index (χ3n) is 5.02. The van der Waals surface area contributed by atoms with Gasteiger partial charge in [0, 0.05) is 11.9 Å². The predicted molar refractivity (Wildman–Crippen MR) is 102 cm³/mol. The van der Waals surface area contributed by atoms with Crippen molar-refractivity contribution >= 4 is 34.0 Å². The molecule has 2 N–H and O–H groups in total. The van der Waals surface area contributed by atoms with Crippen LogP contribution in [0.4, 0.5) is 15.9 Å². The van der Waals surface area contributed by atoms with Crippen LogP contribution in [0.2, 0.25) is 5.02 Å². The minimum Gasteiger partial charge on any atom is -0.338 e. The minimum absolute atomic E-state index is 0.0212. The zero-order chi connectivity index (χ0) is 19.0. The van der Waals surface area contributed by atoms with Crippen molar-refractivity contribution < 1.29 is 4.39 Å². The minimum atomic E-state index is -0.559. The quantitative estimate of drug-likeness (QED) is 0.694. The number of fused-ring (bicyclic) bond motifs is 1. The van der Waals surface area contributed by atoms with Gasteiger partial charge in [0.2, 0.25) is 0 Å². The molecule has 2 heterocycles. The van der Waals surface area contributed by atoms with Crippen LogP contribution in [0.25, 0.3) is 10.9 Å². The van der Waals surface area contributed by atoms with E-state index in [0.717, 1.165) is 25.7 Å². The summed E-state index contributed by atoms with van der Waals surface area (Å²) >= 11 is 5.73. The molecule has 1 fully saturated rings. The van der Waals surface area contributed by atoms with Gasteiger partial charge in [0.1, 0.15) is 11.2 Å². The van der Waals surface area contributed by atoms with Crippen LogP contribution in [0.1, 0.15) is 31.7 Å². The maximum Gasteiger partial charge on any atom is 0.261 e. The van der Waals surface area contributed by atoms with Crippen LogP contribution in [0.3, 0.4) is 0 Å². The van der Waals surface area contributed by atoms with Crippen LogP contribution in [0, 0.1) is 23.1 Å². The molecule has 6 nitrogen and oxygen atoms in total. The Morgan fingerprint density at radius 1 is 1.33 bits per heavy atom. The van der Waals surface area contributed by atoms with Crippen LogP contribution in [-0.2, 0) is 0 Å². The van der Waals surface area contributed by atoms with Gasteiger partial charge in [0.15, 0.2) is 5.82 Å². The van der Waals surface area contributed by atoms with Gasteiger partial charge in [-0.1, -0.05) is 24.4 Å². The van der Waals surface area contributed by atoms with Gasteiger partial charge >= 0.3 is 0 Å². The number of H-pyrrole nitrogens is 1. The summed E-state index contributed by atoms with van der Waals surface area (Å²) in [6, 6.07) is 8.37. The Bertz CT molecular complexity index is 1100. The molecule has 0 amide bonds. The summed E-state index contributed by atoms with van der Waals surface area (Å²) in [6.45, 7) is 0. The summed E-state index contributed by atoms with van der Waals surface area (Å²) in [5.74, 6) is -0.381. The van der Waals surface area contributed by atoms with E-state index in [1.807, 2.05) is 0 Å². The standard InChI is InChI=1S/C19H17ClFN5O/c20-13-6-5-12(9-14(13)21)24-18-17-16(7-8-23-19(17)27)26(25-18)15-4-2-1-3-11(15)10-22/h5-9,11,15H,1-4H2,(H,23,27)(H,24,25)/t11-,15+/m1/s1. The van der Waals surface area contributed by atoms with Crippen LogP contribution < -0.4 is 10.9 Å². The number of benzene rings is 1. The third-order valence-corrected chi connectivity index (χ3v) is 5.33. The number of anilines is 2. The van der Waals surface area contributed by atoms with Crippen molar-refractivity contribution in [2.75, 3.05) is 5.32 Å². The van der Waals surface area contributed by atoms with E-state index in [-0.39, 0.29) is 22.5 Å². The lowest BCUT2D eigenvalue weighted by Crippen LogP contribution is -2.23. The molecule has 1 aliphatic carbocycles. The summed E-state index contributed by atoms with van der Waals surface area (Å²) in [6.07, 6.45) is 5.24. The van der Waals surface area contributed by atoms with Gasteiger partial charge in [-0.15, -0.1) is 0 Å². The summed E-state index contributed by atoms with van der Waals surface area (Å²) in [5.41, 5.74) is 0.801. The van der Waals surface area contributed by atoms with Crippen molar-refractivity contribution in [2.24, 2.45) is 5.92 Å². The topological polar surface area (TPSA) is 86.5 Å². The van der Waals surface area contributed by atoms with Crippen molar-refractivity contribution in [1.82, 2.24) is 14.8 Å². The Kier molecular flexibility index (Phi) is 4.58. The Morgan fingerprint density at radius 3 is 2.93 bits per heavy atom. The van der Waals surface area contributed by atoms with E-state index >= 15 is 0 Å². The molecule has 0 spiro atoms. The van der Waals surface area contributed by atoms with Crippen molar-refractivity contribution in [1.29, 1.82) is 5.26 Å². The Morgan fingerprint density at radius 2 is 2.15 bits per heavy atom. The number of hydrogen-bond acceptors (Lipinski definition) is 4. The van der Waals surface area contributed by atoms with Crippen molar-refractivity contribution in [3.8, 4) is 6.07 Å². The van der Waals surface area contributed by atoms with Gasteiger partial charge in [-0.25, -0.2) is 4.39 Å². The first-order valence-corrected chi connectivity index (χ1v) is 9.18. The maximum atomic E-state index is 13.8. The number of nitrogens with zero attached hydrogens (tertiary/aromatic N) is 3. The second-order valence-electron chi connectivity index (χ2n) is 6.70. The third kappa shape index (κ3) is 3.17. The van der Waals surface area contributed by atoms with E-state index in [1.165, 1.54) is 12.1 Å². The van der Waals surface area contributed by atoms with Gasteiger partial charge in [-0.3, -0.25) is 9.48 Å². The fourth-order valence-corrected chi connectivity index (χ4v) is 3.82. The average Bonchev–Trinajstić information content (AvgIpc) is 3.04. The second-order valence-corrected chi connectivity index (χ2v) is 7.11. The highest BCUT2D eigenvalue weighted by molar-refractivity contribution is 6.30. The molecule has 0 saturated heterocycles. The zero-order valence-electron chi connectivity index (χ0n) is 14.4. The first-order chi connectivity index (χ1) is 13.1. The van der Waals surface area contributed by atoms with Crippen LogP contribution in [0.15, 0.2) is 35.3 Å². The van der Waals surface area contributed by atoms with E-state index in [9.17, 15) is 14.4 Å². The first-order valence-electron chi connectivity index (χ1n) is 8.80. The molecular weight excluding hydrogens is 369 g/mol. The molecule has 138 valence electrons. The highest BCUT2D eigenvalue weighted by Crippen LogP contribution is 2.36. The van der Waals surface area contributed by atoms with Crippen molar-refractivity contribution in [3.05, 3.63) is 51.7 Å². The molecule has 27 heavy (non-hydrogen) atoms. The average molecular weight is 386 g/mol. The Balaban J connectivity index is 1.82. The van der Waals surface area contributed by atoms with E-state index in [2.05, 4.69) is 21.5 Å². The Hall–Kier alpha value is -2.85. The Labute approximate surface area is 159 Å². The van der Waals surface area contributed by atoms with E-state index in [4.69, 9.17) is 11.6 Å². The van der Waals surface area contributed by atoms with Gasteiger partial charge in [0.25, 0.3) is 5.56 Å². The van der Waals surface area contributed by atoms with Crippen molar-refractivity contribution in [2.45, 2.75) is 31.7 Å². The normalized spacial score (nSPS) is 19.7. The maximum absolute atomic E-state index is 13.8. The molecular formula is C19H17ClFN5O. The summed E-state index contributed by atoms with van der Waals surface area (Å²) in [7, 11) is 0. The monoisotopic (exact) mass is 385 g/mol. The SMILES string of the molecule is N#C[C@H]1CCCC[C@@H]1n1nc(Nc2ccc(Cl)c(F)c2)c2c(=O)[nH]ccc21. The molecule has 0 bridgehead atoms. The van der Waals surface area contributed by atoms with E-state index in [0.29, 0.717) is 22.4 Å². The molecule has 0 unspecified atom stereocenters. The largest absolute Gasteiger partial charge is 0.338 e. The molecule has 2 atom stereocenters. The molecule has 1 aliphatic rings. The molecule has 3 aromatic rings. The molecule has 0 radical (unpaired) electrons. The molecule has 2 aromatic heterocycles. The zero-order valence-corrected chi connectivity index (χ0v) is 15.1. The van der Waals surface area contributed by atoms with Gasteiger partial charge in [-0.2, -0.15) is 10.4 Å². The number of aromatic amines is 1. The first kappa shape index (κ1) is 17.6. The highest BCUT2D eigenvalue weighted by atomic mass is 35.5. The predicted octanol–water partition coefficient (Wildman–Crippen LogP) is 4.52. The molecule has 0 aliphatic heterocycles. The highest BCUT2D eigenvalue weighted by Gasteiger charge is 2.29. The number of pyridine rings is 1. The lowest BCUT2D eigenvalue weighted by molar-refractivity contribution is 0.277. The number of aromatic nitrogens is 3. The lowest BCUT2D eigenvalue weighted by atomic mass is 9.85. The number of halogens is 2. The van der Waals surface area contributed by atoms with Crippen LogP contribution in [0.5, 0.6) is 0 Å². The molecule has 4 rings (SSSR count). The van der Waals surface area contributed by atoms with E-state index in [1.54, 1.807) is 23.0 Å². The fraction of sp³-hybridized carbons (Fsp3) is 0.316. The second kappa shape index (κ2) is 7.05. The summed E-state index contributed by atoms with van der Waals surface area (Å²) in [4.78, 5) is 15.1. The summed E-state index contributed by atoms with van der Waals surface area (Å²) < 4.78 is 15.5. The van der Waals surface area contributed by atoms with E-state index < -0.39 is 5.82 Å². The van der Waals surface area contributed by atoms with Crippen molar-refractivity contribution in [3.63, 3.8) is 0 Å². The number of rotatable bonds is 3. The fourth-order valence-electron chi connectivity index (χ4n) is 3.71. The number of hydrogen-bond donors (Lipinski definition) is 2. The molecule has 1 aromatic carbocycles. The van der Waals surface area contributed by atoms with Crippen LogP contribution >= 0.6 is 11.6 Å². The summed E-state index contributed by atoms with van der Waals surface area (Å²) in [5, 5.41) is 17.5. The number of nitrogens with one attached hydrogen (secondary N) is 2. The molecule has 8 heteroatoms. The van der Waals surface area contributed by atoms with Gasteiger partial charge in [-0.05, 0) is 37.1 Å². The van der Waals surface area contributed by atoms with Gasteiger partial charge < -0.3 is 10.3 Å². The smallest absolute Gasteiger partial charge is 0.261 e. The lowest BCUT2D eigenvalue weighted by Gasteiger charge is -2.27. The van der Waals surface area contributed by atoms with Crippen LogP contribution in [-0.4, -0.2) is 14.8 Å². The van der Waals surface area contributed by atoms with Gasteiger partial charge in [0.05, 0.1) is 28.6 Å².